The Labute approximate surface area is 123 Å². The van der Waals surface area contributed by atoms with Crippen LogP contribution in [0.25, 0.3) is 0 Å². The molecule has 1 heterocycles. The molecule has 1 aromatic heterocycles. The topological polar surface area (TPSA) is 66.4 Å². The van der Waals surface area contributed by atoms with Gasteiger partial charge in [-0.2, -0.15) is 0 Å². The van der Waals surface area contributed by atoms with Crippen LogP contribution >= 0.6 is 11.3 Å². The highest BCUT2D eigenvalue weighted by Crippen LogP contribution is 2.31. The Bertz CT molecular complexity index is 491. The third-order valence-electron chi connectivity index (χ3n) is 3.87. The third kappa shape index (κ3) is 3.67. The fraction of sp³-hybridized carbons (Fsp3) is 0.600. The minimum Gasteiger partial charge on any atom is -0.393 e. The zero-order valence-electron chi connectivity index (χ0n) is 11.9. The average Bonchev–Trinajstić information content (AvgIpc) is 2.81. The Morgan fingerprint density at radius 3 is 2.70 bits per heavy atom. The molecule has 0 unspecified atom stereocenters. The molecule has 1 amide bonds. The van der Waals surface area contributed by atoms with E-state index in [2.05, 4.69) is 5.32 Å². The molecule has 1 aliphatic carbocycles. The maximum atomic E-state index is 12.0. The average molecular weight is 295 g/mol. The van der Waals surface area contributed by atoms with Crippen molar-refractivity contribution in [2.45, 2.75) is 51.7 Å². The van der Waals surface area contributed by atoms with E-state index in [4.69, 9.17) is 0 Å². The molecule has 2 rings (SSSR count). The normalized spacial score (nSPS) is 22.9. The molecular formula is C15H21NO3S. The van der Waals surface area contributed by atoms with Crippen LogP contribution in [0.15, 0.2) is 11.4 Å². The Morgan fingerprint density at radius 2 is 2.20 bits per heavy atom. The molecule has 0 spiro atoms. The minimum absolute atomic E-state index is 0.00820. The summed E-state index contributed by atoms with van der Waals surface area (Å²) in [5.41, 5.74) is 0.890. The first-order chi connectivity index (χ1) is 9.49. The third-order valence-corrected chi connectivity index (χ3v) is 4.95. The first-order valence-corrected chi connectivity index (χ1v) is 7.93. The number of rotatable bonds is 6. The lowest BCUT2D eigenvalue weighted by Crippen LogP contribution is -2.47. The van der Waals surface area contributed by atoms with E-state index in [1.807, 2.05) is 12.3 Å². The Kier molecular flexibility index (Phi) is 4.94. The molecule has 1 saturated carbocycles. The number of hydrogen-bond acceptors (Lipinski definition) is 4. The molecule has 20 heavy (non-hydrogen) atoms. The first-order valence-electron chi connectivity index (χ1n) is 7.05. The van der Waals surface area contributed by atoms with E-state index < -0.39 is 0 Å². The SMILES string of the molecule is CC[C@@H](NC(=O)Cc1csc(C(C)=O)c1)C1CC(O)C1. The summed E-state index contributed by atoms with van der Waals surface area (Å²) in [6.45, 7) is 3.58. The molecule has 1 aromatic rings. The number of amides is 1. The van der Waals surface area contributed by atoms with Gasteiger partial charge in [0.2, 0.25) is 5.91 Å². The summed E-state index contributed by atoms with van der Waals surface area (Å²) in [6.07, 6.45) is 2.57. The number of carbonyl (C=O) groups excluding carboxylic acids is 2. The van der Waals surface area contributed by atoms with Gasteiger partial charge < -0.3 is 10.4 Å². The number of nitrogens with one attached hydrogen (secondary N) is 1. The fourth-order valence-electron chi connectivity index (χ4n) is 2.61. The number of thiophene rings is 1. The van der Waals surface area contributed by atoms with Gasteiger partial charge in [0, 0.05) is 6.04 Å². The van der Waals surface area contributed by atoms with Crippen molar-refractivity contribution in [1.82, 2.24) is 5.32 Å². The molecule has 0 radical (unpaired) electrons. The number of aliphatic hydroxyl groups is 1. The van der Waals surface area contributed by atoms with E-state index in [1.54, 1.807) is 6.07 Å². The van der Waals surface area contributed by atoms with Gasteiger partial charge in [0.25, 0.3) is 0 Å². The summed E-state index contributed by atoms with van der Waals surface area (Å²) in [5, 5.41) is 14.3. The standard InChI is InChI=1S/C15H21NO3S/c1-3-13(11-6-12(18)7-11)16-15(19)5-10-4-14(9(2)17)20-8-10/h4,8,11-13,18H,3,5-7H2,1-2H3,(H,16,19)/t11?,12?,13-/m1/s1. The van der Waals surface area contributed by atoms with E-state index in [0.717, 1.165) is 24.8 Å². The molecule has 0 aliphatic heterocycles. The van der Waals surface area contributed by atoms with Crippen molar-refractivity contribution >= 4 is 23.0 Å². The number of carbonyl (C=O) groups is 2. The van der Waals surface area contributed by atoms with Gasteiger partial charge in [0.15, 0.2) is 5.78 Å². The number of hydrogen-bond donors (Lipinski definition) is 2. The monoisotopic (exact) mass is 295 g/mol. The first kappa shape index (κ1) is 15.2. The maximum Gasteiger partial charge on any atom is 0.224 e. The predicted molar refractivity (Wildman–Crippen MR) is 79.0 cm³/mol. The zero-order chi connectivity index (χ0) is 14.7. The Balaban J connectivity index is 1.85. The lowest BCUT2D eigenvalue weighted by atomic mass is 9.76. The highest BCUT2D eigenvalue weighted by molar-refractivity contribution is 7.12. The minimum atomic E-state index is -0.194. The van der Waals surface area contributed by atoms with Gasteiger partial charge in [0.1, 0.15) is 0 Å². The van der Waals surface area contributed by atoms with Crippen LogP contribution in [0.3, 0.4) is 0 Å². The molecule has 1 atom stereocenters. The Hall–Kier alpha value is -1.20. The second-order valence-corrected chi connectivity index (χ2v) is 6.43. The van der Waals surface area contributed by atoms with E-state index in [9.17, 15) is 14.7 Å². The summed E-state index contributed by atoms with van der Waals surface area (Å²) < 4.78 is 0. The highest BCUT2D eigenvalue weighted by Gasteiger charge is 2.33. The highest BCUT2D eigenvalue weighted by atomic mass is 32.1. The number of Topliss-reactive ketones (excluding diaryl/α,β-unsaturated/α-hetero) is 1. The van der Waals surface area contributed by atoms with Crippen molar-refractivity contribution in [2.24, 2.45) is 5.92 Å². The van der Waals surface area contributed by atoms with Crippen LogP contribution in [-0.2, 0) is 11.2 Å². The van der Waals surface area contributed by atoms with Crippen molar-refractivity contribution in [2.75, 3.05) is 0 Å². The maximum absolute atomic E-state index is 12.0. The van der Waals surface area contributed by atoms with Crippen molar-refractivity contribution in [3.8, 4) is 0 Å². The van der Waals surface area contributed by atoms with Gasteiger partial charge in [-0.15, -0.1) is 11.3 Å². The fourth-order valence-corrected chi connectivity index (χ4v) is 3.42. The van der Waals surface area contributed by atoms with Gasteiger partial charge in [-0.3, -0.25) is 9.59 Å². The Morgan fingerprint density at radius 1 is 1.50 bits per heavy atom. The van der Waals surface area contributed by atoms with Crippen LogP contribution in [0.4, 0.5) is 0 Å². The molecule has 4 nitrogen and oxygen atoms in total. The quantitative estimate of drug-likeness (QED) is 0.790. The molecule has 0 bridgehead atoms. The summed E-state index contributed by atoms with van der Waals surface area (Å²) >= 11 is 1.38. The molecule has 2 N–H and O–H groups in total. The van der Waals surface area contributed by atoms with Crippen LogP contribution in [0.2, 0.25) is 0 Å². The van der Waals surface area contributed by atoms with Crippen molar-refractivity contribution in [3.63, 3.8) is 0 Å². The molecule has 1 fully saturated rings. The molecule has 0 saturated heterocycles. The van der Waals surface area contributed by atoms with E-state index >= 15 is 0 Å². The van der Waals surface area contributed by atoms with E-state index in [-0.39, 0.29) is 23.8 Å². The van der Waals surface area contributed by atoms with Gasteiger partial charge in [-0.1, -0.05) is 6.92 Å². The van der Waals surface area contributed by atoms with Crippen molar-refractivity contribution in [3.05, 3.63) is 21.9 Å². The molecule has 1 aliphatic rings. The summed E-state index contributed by atoms with van der Waals surface area (Å²) in [5.74, 6) is 0.428. The predicted octanol–water partition coefficient (Wildman–Crippen LogP) is 2.16. The van der Waals surface area contributed by atoms with E-state index in [1.165, 1.54) is 18.3 Å². The van der Waals surface area contributed by atoms with Crippen LogP contribution < -0.4 is 5.32 Å². The lowest BCUT2D eigenvalue weighted by molar-refractivity contribution is -0.122. The second kappa shape index (κ2) is 6.50. The molecule has 5 heteroatoms. The van der Waals surface area contributed by atoms with Gasteiger partial charge >= 0.3 is 0 Å². The number of ketones is 1. The molecule has 0 aromatic carbocycles. The summed E-state index contributed by atoms with van der Waals surface area (Å²) in [7, 11) is 0. The van der Waals surface area contributed by atoms with Crippen LogP contribution in [0.1, 0.15) is 48.3 Å². The smallest absolute Gasteiger partial charge is 0.224 e. The summed E-state index contributed by atoms with van der Waals surface area (Å²) in [6, 6.07) is 1.94. The summed E-state index contributed by atoms with van der Waals surface area (Å²) in [4.78, 5) is 24.0. The van der Waals surface area contributed by atoms with Crippen LogP contribution in [0.5, 0.6) is 0 Å². The zero-order valence-corrected chi connectivity index (χ0v) is 12.7. The van der Waals surface area contributed by atoms with Gasteiger partial charge in [-0.05, 0) is 49.1 Å². The van der Waals surface area contributed by atoms with Crippen molar-refractivity contribution in [1.29, 1.82) is 0 Å². The van der Waals surface area contributed by atoms with E-state index in [0.29, 0.717) is 17.2 Å². The van der Waals surface area contributed by atoms with Crippen LogP contribution in [-0.4, -0.2) is 28.9 Å². The lowest BCUT2D eigenvalue weighted by Gasteiger charge is -2.37. The van der Waals surface area contributed by atoms with Gasteiger partial charge in [-0.25, -0.2) is 0 Å². The largest absolute Gasteiger partial charge is 0.393 e. The second-order valence-electron chi connectivity index (χ2n) is 5.52. The molecular weight excluding hydrogens is 274 g/mol. The molecule has 110 valence electrons. The van der Waals surface area contributed by atoms with Crippen molar-refractivity contribution < 1.29 is 14.7 Å². The van der Waals surface area contributed by atoms with Crippen LogP contribution in [0, 0.1) is 5.92 Å². The number of aliphatic hydroxyl groups excluding tert-OH is 1. The van der Waals surface area contributed by atoms with Gasteiger partial charge in [0.05, 0.1) is 17.4 Å².